The number of anilines is 1. The van der Waals surface area contributed by atoms with Gasteiger partial charge >= 0.3 is 6.03 Å². The number of nitrogens with zero attached hydrogens (tertiary/aromatic N) is 1. The van der Waals surface area contributed by atoms with Gasteiger partial charge in [-0.3, -0.25) is 9.59 Å². The van der Waals surface area contributed by atoms with Gasteiger partial charge < -0.3 is 20.9 Å². The molecular formula is C26H33ClN4O3. The second-order valence-corrected chi connectivity index (χ2v) is 9.34. The van der Waals surface area contributed by atoms with E-state index >= 15 is 0 Å². The molecular weight excluding hydrogens is 452 g/mol. The number of benzene rings is 2. The molecule has 2 atom stereocenters. The zero-order valence-corrected chi connectivity index (χ0v) is 20.7. The summed E-state index contributed by atoms with van der Waals surface area (Å²) in [7, 11) is 0. The van der Waals surface area contributed by atoms with Gasteiger partial charge in [0.1, 0.15) is 6.04 Å². The second-order valence-electron chi connectivity index (χ2n) is 8.90. The highest BCUT2D eigenvalue weighted by molar-refractivity contribution is 6.30. The van der Waals surface area contributed by atoms with Crippen molar-refractivity contribution in [3.8, 4) is 0 Å². The lowest BCUT2D eigenvalue weighted by atomic mass is 9.88. The van der Waals surface area contributed by atoms with E-state index in [4.69, 9.17) is 11.6 Å². The fraction of sp³-hybridized carbons (Fsp3) is 0.423. The largest absolute Gasteiger partial charge is 0.352 e. The first kappa shape index (κ1) is 25.6. The number of carbonyl (C=O) groups is 3. The first-order valence-corrected chi connectivity index (χ1v) is 12.1. The molecule has 0 bridgehead atoms. The van der Waals surface area contributed by atoms with Gasteiger partial charge in [0.05, 0.1) is 0 Å². The van der Waals surface area contributed by atoms with E-state index in [0.29, 0.717) is 42.2 Å². The molecule has 0 aliphatic carbocycles. The van der Waals surface area contributed by atoms with Gasteiger partial charge in [0.2, 0.25) is 5.91 Å². The molecule has 0 saturated carbocycles. The molecule has 4 amide bonds. The number of carbonyl (C=O) groups excluding carboxylic acids is 3. The van der Waals surface area contributed by atoms with Crippen molar-refractivity contribution in [1.82, 2.24) is 15.5 Å². The highest BCUT2D eigenvalue weighted by atomic mass is 35.5. The van der Waals surface area contributed by atoms with Crippen LogP contribution in [0.1, 0.15) is 49.0 Å². The zero-order chi connectivity index (χ0) is 24.7. The minimum atomic E-state index is -0.666. The van der Waals surface area contributed by atoms with Gasteiger partial charge in [-0.2, -0.15) is 0 Å². The highest BCUT2D eigenvalue weighted by Crippen LogP contribution is 2.23. The smallest absolute Gasteiger partial charge is 0.321 e. The van der Waals surface area contributed by atoms with Crippen LogP contribution in [0.4, 0.5) is 10.5 Å². The highest BCUT2D eigenvalue weighted by Gasteiger charge is 2.34. The van der Waals surface area contributed by atoms with Crippen molar-refractivity contribution in [2.75, 3.05) is 18.4 Å². The van der Waals surface area contributed by atoms with E-state index in [1.807, 2.05) is 32.9 Å². The van der Waals surface area contributed by atoms with Crippen LogP contribution in [-0.4, -0.2) is 47.9 Å². The fourth-order valence-corrected chi connectivity index (χ4v) is 4.16. The number of likely N-dealkylation sites (tertiary alicyclic amines) is 1. The molecule has 8 heteroatoms. The topological polar surface area (TPSA) is 90.5 Å². The summed E-state index contributed by atoms with van der Waals surface area (Å²) in [4.78, 5) is 40.4. The Labute approximate surface area is 206 Å². The molecule has 0 aromatic heterocycles. The lowest BCUT2D eigenvalue weighted by Crippen LogP contribution is -2.55. The van der Waals surface area contributed by atoms with Crippen LogP contribution in [0.5, 0.6) is 0 Å². The molecule has 2 aromatic carbocycles. The van der Waals surface area contributed by atoms with E-state index in [1.54, 1.807) is 41.3 Å². The van der Waals surface area contributed by atoms with Crippen molar-refractivity contribution >= 4 is 35.1 Å². The molecule has 7 nitrogen and oxygen atoms in total. The van der Waals surface area contributed by atoms with E-state index in [1.165, 1.54) is 0 Å². The minimum absolute atomic E-state index is 0.00911. The van der Waals surface area contributed by atoms with Crippen LogP contribution in [0.2, 0.25) is 5.02 Å². The summed E-state index contributed by atoms with van der Waals surface area (Å²) in [6, 6.07) is 13.4. The second kappa shape index (κ2) is 11.9. The Morgan fingerprint density at radius 1 is 1.06 bits per heavy atom. The predicted molar refractivity (Wildman–Crippen MR) is 135 cm³/mol. The van der Waals surface area contributed by atoms with Crippen LogP contribution in [0.3, 0.4) is 0 Å². The molecule has 1 saturated heterocycles. The normalized spacial score (nSPS) is 15.8. The number of urea groups is 1. The summed E-state index contributed by atoms with van der Waals surface area (Å²) in [5, 5.41) is 9.38. The van der Waals surface area contributed by atoms with E-state index in [0.717, 1.165) is 12.0 Å². The number of hydrogen-bond acceptors (Lipinski definition) is 3. The number of amides is 4. The van der Waals surface area contributed by atoms with Crippen molar-refractivity contribution in [2.24, 2.45) is 5.92 Å². The number of nitrogens with one attached hydrogen (secondary N) is 3. The lowest BCUT2D eigenvalue weighted by Gasteiger charge is -2.36. The third-order valence-electron chi connectivity index (χ3n) is 6.26. The molecule has 182 valence electrons. The molecule has 0 spiro atoms. The first-order chi connectivity index (χ1) is 16.3. The van der Waals surface area contributed by atoms with E-state index in [-0.39, 0.29) is 29.8 Å². The maximum absolute atomic E-state index is 13.1. The lowest BCUT2D eigenvalue weighted by molar-refractivity contribution is -0.125. The number of hydrogen-bond donors (Lipinski definition) is 3. The molecule has 3 N–H and O–H groups in total. The Bertz CT molecular complexity index is 1000. The summed E-state index contributed by atoms with van der Waals surface area (Å²) < 4.78 is 0. The third kappa shape index (κ3) is 6.97. The molecule has 1 aliphatic rings. The van der Waals surface area contributed by atoms with E-state index in [2.05, 4.69) is 16.0 Å². The van der Waals surface area contributed by atoms with Gasteiger partial charge in [-0.1, -0.05) is 42.3 Å². The maximum atomic E-state index is 13.1. The number of rotatable bonds is 7. The van der Waals surface area contributed by atoms with Crippen LogP contribution < -0.4 is 16.0 Å². The Hall–Kier alpha value is -3.06. The van der Waals surface area contributed by atoms with Crippen molar-refractivity contribution < 1.29 is 14.4 Å². The van der Waals surface area contributed by atoms with Crippen molar-refractivity contribution in [2.45, 2.75) is 52.1 Å². The molecule has 1 heterocycles. The van der Waals surface area contributed by atoms with Gasteiger partial charge in [0.25, 0.3) is 5.91 Å². The first-order valence-electron chi connectivity index (χ1n) is 11.8. The molecule has 34 heavy (non-hydrogen) atoms. The van der Waals surface area contributed by atoms with Gasteiger partial charge in [-0.15, -0.1) is 0 Å². The molecule has 2 unspecified atom stereocenters. The van der Waals surface area contributed by atoms with E-state index < -0.39 is 6.04 Å². The summed E-state index contributed by atoms with van der Waals surface area (Å²) >= 11 is 6.00. The average molecular weight is 485 g/mol. The number of aryl methyl sites for hydroxylation is 1. The summed E-state index contributed by atoms with van der Waals surface area (Å²) in [5.74, 6) is -0.532. The van der Waals surface area contributed by atoms with Crippen molar-refractivity contribution in [1.29, 1.82) is 0 Å². The third-order valence-corrected chi connectivity index (χ3v) is 6.49. The van der Waals surface area contributed by atoms with E-state index in [9.17, 15) is 14.4 Å². The molecule has 0 radical (unpaired) electrons. The zero-order valence-electron chi connectivity index (χ0n) is 19.9. The van der Waals surface area contributed by atoms with Gasteiger partial charge in [0, 0.05) is 35.4 Å². The monoisotopic (exact) mass is 484 g/mol. The Morgan fingerprint density at radius 2 is 1.74 bits per heavy atom. The molecule has 1 aliphatic heterocycles. The van der Waals surface area contributed by atoms with Crippen LogP contribution in [0.15, 0.2) is 48.5 Å². The predicted octanol–water partition coefficient (Wildman–Crippen LogP) is 4.61. The summed E-state index contributed by atoms with van der Waals surface area (Å²) in [6.45, 7) is 6.89. The van der Waals surface area contributed by atoms with Gasteiger partial charge in [-0.05, 0) is 69.4 Å². The average Bonchev–Trinajstić information content (AvgIpc) is 2.82. The van der Waals surface area contributed by atoms with Gasteiger partial charge in [-0.25, -0.2) is 4.79 Å². The maximum Gasteiger partial charge on any atom is 0.321 e. The SMILES string of the molecule is CCC(C)NC(=O)C(NC(=O)c1ccc(C)cc1)C1CCN(C(=O)Nc2cccc(Cl)c2)CC1. The quantitative estimate of drug-likeness (QED) is 0.536. The van der Waals surface area contributed by atoms with Gasteiger partial charge in [0.15, 0.2) is 0 Å². The molecule has 3 rings (SSSR count). The summed E-state index contributed by atoms with van der Waals surface area (Å²) in [5.41, 5.74) is 2.21. The summed E-state index contributed by atoms with van der Waals surface area (Å²) in [6.07, 6.45) is 2.01. The number of piperidine rings is 1. The van der Waals surface area contributed by atoms with Crippen LogP contribution in [0, 0.1) is 12.8 Å². The molecule has 2 aromatic rings. The van der Waals surface area contributed by atoms with Crippen molar-refractivity contribution in [3.05, 3.63) is 64.7 Å². The number of halogens is 1. The Kier molecular flexibility index (Phi) is 8.93. The Balaban J connectivity index is 1.65. The standard InChI is InChI=1S/C26H33ClN4O3/c1-4-18(3)28-25(33)23(30-24(32)20-10-8-17(2)9-11-20)19-12-14-31(15-13-19)26(34)29-22-7-5-6-21(27)16-22/h5-11,16,18-19,23H,4,12-15H2,1-3H3,(H,28,33)(H,29,34)(H,30,32). The van der Waals surface area contributed by atoms with Crippen LogP contribution in [0.25, 0.3) is 0 Å². The Morgan fingerprint density at radius 3 is 2.35 bits per heavy atom. The van der Waals surface area contributed by atoms with Crippen LogP contribution in [-0.2, 0) is 4.79 Å². The van der Waals surface area contributed by atoms with Crippen LogP contribution >= 0.6 is 11.6 Å². The van der Waals surface area contributed by atoms with Crippen molar-refractivity contribution in [3.63, 3.8) is 0 Å². The minimum Gasteiger partial charge on any atom is -0.352 e. The molecule has 1 fully saturated rings. The fourth-order valence-electron chi connectivity index (χ4n) is 3.97.